The predicted octanol–water partition coefficient (Wildman–Crippen LogP) is 3.61. The minimum atomic E-state index is 0.269. The van der Waals surface area contributed by atoms with E-state index in [4.69, 9.17) is 4.98 Å². The maximum Gasteiger partial charge on any atom is 0.0410 e. The van der Waals surface area contributed by atoms with Crippen molar-refractivity contribution in [3.63, 3.8) is 0 Å². The lowest BCUT2D eigenvalue weighted by Gasteiger charge is -2.26. The van der Waals surface area contributed by atoms with Crippen LogP contribution in [0.15, 0.2) is 6.07 Å². The number of hydrogen-bond donors (Lipinski definition) is 1. The second kappa shape index (κ2) is 5.83. The van der Waals surface area contributed by atoms with Gasteiger partial charge in [-0.15, -0.1) is 0 Å². The van der Waals surface area contributed by atoms with Crippen molar-refractivity contribution >= 4 is 0 Å². The normalized spacial score (nSPS) is 12.2. The Morgan fingerprint density at radius 2 is 1.83 bits per heavy atom. The summed E-state index contributed by atoms with van der Waals surface area (Å²) in [4.78, 5) is 4.72. The van der Waals surface area contributed by atoms with Crippen LogP contribution in [0.3, 0.4) is 0 Å². The number of aromatic nitrogens is 1. The van der Waals surface area contributed by atoms with Gasteiger partial charge < -0.3 is 5.32 Å². The molecule has 1 aromatic heterocycles. The van der Waals surface area contributed by atoms with E-state index in [1.54, 1.807) is 0 Å². The fourth-order valence-electron chi connectivity index (χ4n) is 2.60. The Labute approximate surface area is 112 Å². The topological polar surface area (TPSA) is 24.9 Å². The van der Waals surface area contributed by atoms with Crippen LogP contribution in [0, 0.1) is 19.3 Å². The minimum absolute atomic E-state index is 0.269. The molecule has 2 heteroatoms. The average Bonchev–Trinajstić information content (AvgIpc) is 2.21. The maximum atomic E-state index is 4.72. The molecule has 1 rings (SSSR count). The third kappa shape index (κ3) is 3.81. The fourth-order valence-corrected chi connectivity index (χ4v) is 2.60. The van der Waals surface area contributed by atoms with E-state index in [1.807, 2.05) is 7.05 Å². The SMILES string of the molecule is CNCC(C)(C)Cc1cc(C(C)C)c(C)nc1C. The number of rotatable bonds is 5. The van der Waals surface area contributed by atoms with Crippen LogP contribution < -0.4 is 5.32 Å². The van der Waals surface area contributed by atoms with Crippen molar-refractivity contribution in [2.24, 2.45) is 5.41 Å². The number of nitrogens with one attached hydrogen (secondary N) is 1. The highest BCUT2D eigenvalue weighted by Crippen LogP contribution is 2.26. The molecule has 0 aromatic carbocycles. The molecule has 0 amide bonds. The molecule has 1 aromatic rings. The van der Waals surface area contributed by atoms with Gasteiger partial charge in [0, 0.05) is 17.9 Å². The van der Waals surface area contributed by atoms with Crippen LogP contribution in [0.1, 0.15) is 56.1 Å². The summed E-state index contributed by atoms with van der Waals surface area (Å²) in [5.41, 5.74) is 5.41. The standard InChI is InChI=1S/C16H28N2/c1-11(2)15-8-14(12(3)18-13(15)4)9-16(5,6)10-17-7/h8,11,17H,9-10H2,1-7H3. The summed E-state index contributed by atoms with van der Waals surface area (Å²) >= 11 is 0. The highest BCUT2D eigenvalue weighted by atomic mass is 14.8. The van der Waals surface area contributed by atoms with Gasteiger partial charge in [0.2, 0.25) is 0 Å². The van der Waals surface area contributed by atoms with Crippen LogP contribution in [0.25, 0.3) is 0 Å². The van der Waals surface area contributed by atoms with Crippen molar-refractivity contribution in [2.45, 2.75) is 53.9 Å². The van der Waals surface area contributed by atoms with Crippen molar-refractivity contribution < 1.29 is 0 Å². The van der Waals surface area contributed by atoms with E-state index < -0.39 is 0 Å². The van der Waals surface area contributed by atoms with Crippen LogP contribution in [0.4, 0.5) is 0 Å². The van der Waals surface area contributed by atoms with Crippen molar-refractivity contribution in [3.05, 3.63) is 28.6 Å². The number of nitrogens with zero attached hydrogens (tertiary/aromatic N) is 1. The first-order valence-electron chi connectivity index (χ1n) is 6.88. The molecule has 0 aliphatic rings. The van der Waals surface area contributed by atoms with Crippen LogP contribution >= 0.6 is 0 Å². The average molecular weight is 248 g/mol. The first-order chi connectivity index (χ1) is 8.26. The van der Waals surface area contributed by atoms with E-state index in [2.05, 4.69) is 52.9 Å². The van der Waals surface area contributed by atoms with Crippen molar-refractivity contribution in [3.8, 4) is 0 Å². The summed E-state index contributed by atoms with van der Waals surface area (Å²) in [5, 5.41) is 3.28. The largest absolute Gasteiger partial charge is 0.319 e. The molecule has 0 atom stereocenters. The minimum Gasteiger partial charge on any atom is -0.319 e. The van der Waals surface area contributed by atoms with Gasteiger partial charge in [-0.3, -0.25) is 4.98 Å². The van der Waals surface area contributed by atoms with Gasteiger partial charge in [-0.05, 0) is 49.8 Å². The first-order valence-corrected chi connectivity index (χ1v) is 6.88. The molecule has 0 radical (unpaired) electrons. The molecule has 0 saturated carbocycles. The molecule has 0 unspecified atom stereocenters. The molecule has 1 N–H and O–H groups in total. The Kier molecular flexibility index (Phi) is 4.92. The summed E-state index contributed by atoms with van der Waals surface area (Å²) in [6.45, 7) is 14.4. The van der Waals surface area contributed by atoms with E-state index >= 15 is 0 Å². The quantitative estimate of drug-likeness (QED) is 0.861. The molecule has 0 fully saturated rings. The molecule has 0 aliphatic carbocycles. The number of pyridine rings is 1. The molecule has 0 spiro atoms. The van der Waals surface area contributed by atoms with Gasteiger partial charge in [0.05, 0.1) is 0 Å². The highest BCUT2D eigenvalue weighted by Gasteiger charge is 2.20. The zero-order chi connectivity index (χ0) is 13.9. The zero-order valence-corrected chi connectivity index (χ0v) is 13.0. The van der Waals surface area contributed by atoms with Gasteiger partial charge in [0.15, 0.2) is 0 Å². The van der Waals surface area contributed by atoms with E-state index in [9.17, 15) is 0 Å². The third-order valence-corrected chi connectivity index (χ3v) is 3.49. The van der Waals surface area contributed by atoms with Gasteiger partial charge >= 0.3 is 0 Å². The fraction of sp³-hybridized carbons (Fsp3) is 0.688. The van der Waals surface area contributed by atoms with Gasteiger partial charge in [0.1, 0.15) is 0 Å². The molecule has 0 bridgehead atoms. The molecule has 102 valence electrons. The molecular formula is C16H28N2. The third-order valence-electron chi connectivity index (χ3n) is 3.49. The monoisotopic (exact) mass is 248 g/mol. The molecule has 2 nitrogen and oxygen atoms in total. The van der Waals surface area contributed by atoms with Gasteiger partial charge in [-0.1, -0.05) is 33.8 Å². The Morgan fingerprint density at radius 1 is 1.22 bits per heavy atom. The van der Waals surface area contributed by atoms with Crippen molar-refractivity contribution in [2.75, 3.05) is 13.6 Å². The van der Waals surface area contributed by atoms with Crippen molar-refractivity contribution in [1.82, 2.24) is 10.3 Å². The smallest absolute Gasteiger partial charge is 0.0410 e. The Balaban J connectivity index is 3.06. The van der Waals surface area contributed by atoms with E-state index in [0.717, 1.165) is 13.0 Å². The highest BCUT2D eigenvalue weighted by molar-refractivity contribution is 5.32. The predicted molar refractivity (Wildman–Crippen MR) is 79.2 cm³/mol. The maximum absolute atomic E-state index is 4.72. The summed E-state index contributed by atoms with van der Waals surface area (Å²) in [6, 6.07) is 2.36. The molecule has 0 saturated heterocycles. The van der Waals surface area contributed by atoms with Crippen LogP contribution in [0.2, 0.25) is 0 Å². The summed E-state index contributed by atoms with van der Waals surface area (Å²) in [5.74, 6) is 0.546. The number of hydrogen-bond acceptors (Lipinski definition) is 2. The summed E-state index contributed by atoms with van der Waals surface area (Å²) in [6.07, 6.45) is 1.08. The van der Waals surface area contributed by atoms with E-state index in [-0.39, 0.29) is 5.41 Å². The van der Waals surface area contributed by atoms with Crippen molar-refractivity contribution in [1.29, 1.82) is 0 Å². The lowest BCUT2D eigenvalue weighted by atomic mass is 9.84. The second-order valence-electron chi connectivity index (χ2n) is 6.43. The summed E-state index contributed by atoms with van der Waals surface area (Å²) in [7, 11) is 2.02. The van der Waals surface area contributed by atoms with Crippen LogP contribution in [-0.2, 0) is 6.42 Å². The Bertz CT molecular complexity index is 406. The first kappa shape index (κ1) is 15.2. The van der Waals surface area contributed by atoms with Crippen LogP contribution in [-0.4, -0.2) is 18.6 Å². The Morgan fingerprint density at radius 3 is 2.33 bits per heavy atom. The molecule has 1 heterocycles. The number of aryl methyl sites for hydroxylation is 2. The van der Waals surface area contributed by atoms with E-state index in [1.165, 1.54) is 22.5 Å². The lowest BCUT2D eigenvalue weighted by Crippen LogP contribution is -2.29. The summed E-state index contributed by atoms with van der Waals surface area (Å²) < 4.78 is 0. The van der Waals surface area contributed by atoms with E-state index in [0.29, 0.717) is 5.92 Å². The zero-order valence-electron chi connectivity index (χ0n) is 13.0. The van der Waals surface area contributed by atoms with Gasteiger partial charge in [-0.25, -0.2) is 0 Å². The Hall–Kier alpha value is -0.890. The van der Waals surface area contributed by atoms with Crippen LogP contribution in [0.5, 0.6) is 0 Å². The molecule has 18 heavy (non-hydrogen) atoms. The molecule has 0 aliphatic heterocycles. The van der Waals surface area contributed by atoms with Gasteiger partial charge in [-0.2, -0.15) is 0 Å². The lowest BCUT2D eigenvalue weighted by molar-refractivity contribution is 0.348. The second-order valence-corrected chi connectivity index (χ2v) is 6.43. The van der Waals surface area contributed by atoms with Gasteiger partial charge in [0.25, 0.3) is 0 Å². The molecular weight excluding hydrogens is 220 g/mol.